The van der Waals surface area contributed by atoms with Crippen LogP contribution in [0.4, 0.5) is 5.69 Å². The normalized spacial score (nSPS) is 15.0. The lowest BCUT2D eigenvalue weighted by molar-refractivity contribution is -0.140. The van der Waals surface area contributed by atoms with Gasteiger partial charge >= 0.3 is 5.97 Å². The number of methoxy groups -OCH3 is 2. The number of para-hydroxylation sites is 1. The van der Waals surface area contributed by atoms with E-state index in [4.69, 9.17) is 23.9 Å². The average molecular weight is 594 g/mol. The quantitative estimate of drug-likeness (QED) is 0.231. The van der Waals surface area contributed by atoms with Crippen molar-refractivity contribution in [3.63, 3.8) is 0 Å². The lowest BCUT2D eigenvalue weighted by atomic mass is 9.95. The highest BCUT2D eigenvalue weighted by molar-refractivity contribution is 7.07. The van der Waals surface area contributed by atoms with Crippen molar-refractivity contribution in [2.24, 2.45) is 4.99 Å². The summed E-state index contributed by atoms with van der Waals surface area (Å²) in [5.74, 6) is 0.689. The van der Waals surface area contributed by atoms with E-state index >= 15 is 0 Å². The van der Waals surface area contributed by atoms with Crippen molar-refractivity contribution >= 4 is 29.1 Å². The molecule has 0 saturated heterocycles. The van der Waals surface area contributed by atoms with Gasteiger partial charge in [-0.2, -0.15) is 0 Å². The Morgan fingerprint density at radius 3 is 2.50 bits per heavy atom. The summed E-state index contributed by atoms with van der Waals surface area (Å²) in [4.78, 5) is 35.0. The zero-order valence-electron chi connectivity index (χ0n) is 25.3. The molecule has 1 aliphatic rings. The third-order valence-electron chi connectivity index (χ3n) is 6.97. The van der Waals surface area contributed by atoms with E-state index in [0.29, 0.717) is 32.1 Å². The lowest BCUT2D eigenvalue weighted by Gasteiger charge is -2.27. The number of anilines is 1. The predicted octanol–water partition coefficient (Wildman–Crippen LogP) is 4.07. The van der Waals surface area contributed by atoms with Crippen LogP contribution in [0.5, 0.6) is 11.5 Å². The molecule has 2 heterocycles. The Bertz CT molecular complexity index is 1630. The number of carbonyl (C=O) groups excluding carboxylic acids is 1. The third kappa shape index (κ3) is 6.44. The molecule has 0 spiro atoms. The summed E-state index contributed by atoms with van der Waals surface area (Å²) >= 11 is 1.27. The van der Waals surface area contributed by atoms with Gasteiger partial charge in [-0.25, -0.2) is 9.79 Å². The molecule has 1 aliphatic heterocycles. The molecule has 0 radical (unpaired) electrons. The van der Waals surface area contributed by atoms with E-state index in [1.807, 2.05) is 62.4 Å². The molecule has 1 aromatic heterocycles. The van der Waals surface area contributed by atoms with Crippen molar-refractivity contribution in [3.8, 4) is 11.5 Å². The van der Waals surface area contributed by atoms with E-state index in [1.165, 1.54) is 18.4 Å². The van der Waals surface area contributed by atoms with Crippen LogP contribution in [-0.4, -0.2) is 57.2 Å². The Morgan fingerprint density at radius 1 is 1.10 bits per heavy atom. The number of benzene rings is 2. The Balaban J connectivity index is 1.91. The van der Waals surface area contributed by atoms with Crippen molar-refractivity contribution in [3.05, 3.63) is 84.5 Å². The highest BCUT2D eigenvalue weighted by atomic mass is 32.1. The van der Waals surface area contributed by atoms with Crippen LogP contribution in [0, 0.1) is 0 Å². The molecule has 0 bridgehead atoms. The van der Waals surface area contributed by atoms with Gasteiger partial charge in [0.25, 0.3) is 5.56 Å². The number of nitrogens with zero attached hydrogens (tertiary/aromatic N) is 3. The minimum atomic E-state index is -0.791. The van der Waals surface area contributed by atoms with Crippen LogP contribution >= 0.6 is 11.3 Å². The Labute approximate surface area is 250 Å². The fraction of sp³-hybridized carbons (Fsp3) is 0.406. The highest BCUT2D eigenvalue weighted by Gasteiger charge is 2.35. The monoisotopic (exact) mass is 593 g/mol. The van der Waals surface area contributed by atoms with Gasteiger partial charge in [0.15, 0.2) is 4.80 Å². The summed E-state index contributed by atoms with van der Waals surface area (Å²) < 4.78 is 24.5. The molecule has 42 heavy (non-hydrogen) atoms. The minimum Gasteiger partial charge on any atom is -0.496 e. The van der Waals surface area contributed by atoms with Gasteiger partial charge in [-0.1, -0.05) is 29.5 Å². The maximum absolute atomic E-state index is 14.1. The zero-order valence-corrected chi connectivity index (χ0v) is 26.1. The van der Waals surface area contributed by atoms with Gasteiger partial charge in [0.2, 0.25) is 0 Å². The van der Waals surface area contributed by atoms with E-state index in [9.17, 15) is 9.59 Å². The molecule has 2 aromatic carbocycles. The third-order valence-corrected chi connectivity index (χ3v) is 7.95. The van der Waals surface area contributed by atoms with Crippen molar-refractivity contribution in [1.82, 2.24) is 4.57 Å². The van der Waals surface area contributed by atoms with Crippen LogP contribution in [0.1, 0.15) is 51.8 Å². The largest absolute Gasteiger partial charge is 0.496 e. The number of allylic oxidation sites excluding steroid dienone is 1. The van der Waals surface area contributed by atoms with Gasteiger partial charge < -0.3 is 23.8 Å². The number of fused-ring (bicyclic) bond motifs is 1. The molecule has 3 aromatic rings. The second-order valence-corrected chi connectivity index (χ2v) is 11.0. The lowest BCUT2D eigenvalue weighted by Crippen LogP contribution is -2.40. The summed E-state index contributed by atoms with van der Waals surface area (Å²) in [7, 11) is 3.16. The topological polar surface area (TPSA) is 91.6 Å². The first-order valence-corrected chi connectivity index (χ1v) is 14.9. The molecule has 0 aliphatic carbocycles. The number of hydrogen-bond donors (Lipinski definition) is 0. The predicted molar refractivity (Wildman–Crippen MR) is 165 cm³/mol. The van der Waals surface area contributed by atoms with E-state index in [-0.39, 0.29) is 30.5 Å². The van der Waals surface area contributed by atoms with E-state index in [1.54, 1.807) is 18.6 Å². The fourth-order valence-electron chi connectivity index (χ4n) is 4.99. The Kier molecular flexibility index (Phi) is 10.2. The van der Waals surface area contributed by atoms with Gasteiger partial charge in [0.05, 0.1) is 35.6 Å². The number of esters is 1. The molecule has 0 fully saturated rings. The maximum atomic E-state index is 14.1. The van der Waals surface area contributed by atoms with E-state index in [2.05, 4.69) is 18.7 Å². The summed E-state index contributed by atoms with van der Waals surface area (Å²) in [6, 6.07) is 12.6. The first kappa shape index (κ1) is 31.1. The molecule has 0 saturated carbocycles. The van der Waals surface area contributed by atoms with Crippen LogP contribution in [0.15, 0.2) is 63.5 Å². The van der Waals surface area contributed by atoms with Crippen LogP contribution < -0.4 is 29.3 Å². The average Bonchev–Trinajstić information content (AvgIpc) is 3.27. The molecular formula is C32H39N3O6S. The summed E-state index contributed by atoms with van der Waals surface area (Å²) in [5, 5.41) is 0. The number of hydrogen-bond acceptors (Lipinski definition) is 9. The van der Waals surface area contributed by atoms with Crippen molar-refractivity contribution < 1.29 is 23.7 Å². The highest BCUT2D eigenvalue weighted by Crippen LogP contribution is 2.36. The van der Waals surface area contributed by atoms with Gasteiger partial charge in [0.1, 0.15) is 24.1 Å². The van der Waals surface area contributed by atoms with Gasteiger partial charge in [0, 0.05) is 43.1 Å². The summed E-state index contributed by atoms with van der Waals surface area (Å²) in [5.41, 5.74) is 2.99. The van der Waals surface area contributed by atoms with Crippen molar-refractivity contribution in [1.29, 1.82) is 0 Å². The molecule has 0 amide bonds. The van der Waals surface area contributed by atoms with E-state index < -0.39 is 12.0 Å². The number of thiazole rings is 1. The van der Waals surface area contributed by atoms with Crippen molar-refractivity contribution in [2.45, 2.75) is 46.8 Å². The molecule has 0 unspecified atom stereocenters. The number of carbonyl (C=O) groups is 1. The number of ether oxygens (including phenoxy) is 4. The second kappa shape index (κ2) is 13.8. The maximum Gasteiger partial charge on any atom is 0.338 e. The molecular weight excluding hydrogens is 554 g/mol. The molecule has 1 atom stereocenters. The molecule has 224 valence electrons. The van der Waals surface area contributed by atoms with Gasteiger partial charge in [-0.05, 0) is 58.9 Å². The smallest absolute Gasteiger partial charge is 0.338 e. The number of aromatic nitrogens is 1. The minimum absolute atomic E-state index is 0.0800. The van der Waals surface area contributed by atoms with Crippen LogP contribution in [0.2, 0.25) is 0 Å². The van der Waals surface area contributed by atoms with Gasteiger partial charge in [-0.3, -0.25) is 9.36 Å². The number of rotatable bonds is 12. The second-order valence-electron chi connectivity index (χ2n) is 10.0. The van der Waals surface area contributed by atoms with Crippen LogP contribution in [0.25, 0.3) is 6.08 Å². The molecule has 10 heteroatoms. The first-order chi connectivity index (χ1) is 20.2. The van der Waals surface area contributed by atoms with E-state index in [0.717, 1.165) is 24.3 Å². The fourth-order valence-corrected chi connectivity index (χ4v) is 6.02. The first-order valence-electron chi connectivity index (χ1n) is 14.1. The molecule has 0 N–H and O–H groups in total. The van der Waals surface area contributed by atoms with Crippen molar-refractivity contribution in [2.75, 3.05) is 45.4 Å². The molecule has 9 nitrogen and oxygen atoms in total. The van der Waals surface area contributed by atoms with Crippen LogP contribution in [-0.2, 0) is 14.3 Å². The summed E-state index contributed by atoms with van der Waals surface area (Å²) in [6.07, 6.45) is 1.70. The van der Waals surface area contributed by atoms with Crippen LogP contribution in [0.3, 0.4) is 0 Å². The summed E-state index contributed by atoms with van der Waals surface area (Å²) in [6.45, 7) is 11.9. The Morgan fingerprint density at radius 2 is 1.83 bits per heavy atom. The Hall–Kier alpha value is -3.89. The van der Waals surface area contributed by atoms with Gasteiger partial charge in [-0.15, -0.1) is 0 Å². The molecule has 4 rings (SSSR count). The SMILES string of the molecule is CCN(CC)c1ccc(/C=c2/sc3n(c2=O)[C@H](c2ccccc2OC(C)C)C(C(=O)OCCOC)=C(C)N=3)c(OC)c1. The zero-order chi connectivity index (χ0) is 30.4. The standard InChI is InChI=1S/C32H39N3O6S/c1-8-34(9-2)23-15-14-22(26(19-23)39-7)18-27-30(36)35-29(24-12-10-11-13-25(24)41-20(3)4)28(21(5)33-32(35)42-27)31(37)40-17-16-38-6/h10-15,18-20,29H,8-9,16-17H2,1-7H3/b27-18+/t29-/m1/s1.